The van der Waals surface area contributed by atoms with E-state index in [0.717, 1.165) is 32.6 Å². The van der Waals surface area contributed by atoms with E-state index in [4.69, 9.17) is 11.6 Å². The Morgan fingerprint density at radius 3 is 2.86 bits per heavy atom. The van der Waals surface area contributed by atoms with Crippen molar-refractivity contribution in [2.45, 2.75) is 12.3 Å². The molecule has 0 bridgehead atoms. The van der Waals surface area contributed by atoms with Gasteiger partial charge in [-0.05, 0) is 23.8 Å². The molecular formula is C20H16ClN5OS. The van der Waals surface area contributed by atoms with E-state index in [1.165, 1.54) is 11.3 Å². The topological polar surface area (TPSA) is 71.3 Å². The minimum Gasteiger partial charge on any atom is -0.359 e. The summed E-state index contributed by atoms with van der Waals surface area (Å²) in [5.41, 5.74) is 3.91. The molecule has 3 heterocycles. The van der Waals surface area contributed by atoms with E-state index in [-0.39, 0.29) is 11.8 Å². The number of aromatic nitrogens is 3. The third-order valence-electron chi connectivity index (χ3n) is 4.79. The molecule has 1 aliphatic rings. The number of amides is 1. The molecule has 0 saturated carbocycles. The van der Waals surface area contributed by atoms with E-state index >= 15 is 0 Å². The Balaban J connectivity index is 1.33. The van der Waals surface area contributed by atoms with Gasteiger partial charge in [-0.1, -0.05) is 53.3 Å². The lowest BCUT2D eigenvalue weighted by molar-refractivity contribution is -0.116. The zero-order chi connectivity index (χ0) is 19.1. The van der Waals surface area contributed by atoms with Crippen molar-refractivity contribution in [3.8, 4) is 11.3 Å². The number of hydrogen-bond acceptors (Lipinski definition) is 5. The molecule has 1 atom stereocenters. The molecule has 8 heteroatoms. The Morgan fingerprint density at radius 2 is 2.04 bits per heavy atom. The van der Waals surface area contributed by atoms with Crippen LogP contribution in [0.2, 0.25) is 5.02 Å². The molecule has 0 saturated heterocycles. The summed E-state index contributed by atoms with van der Waals surface area (Å²) in [5, 5.41) is 12.4. The molecule has 0 radical (unpaired) electrons. The first-order chi connectivity index (χ1) is 13.7. The van der Waals surface area contributed by atoms with Gasteiger partial charge in [0.25, 0.3) is 0 Å². The van der Waals surface area contributed by atoms with Crippen molar-refractivity contribution in [3.63, 3.8) is 0 Å². The quantitative estimate of drug-likeness (QED) is 0.514. The van der Waals surface area contributed by atoms with E-state index < -0.39 is 0 Å². The standard InChI is InChI=1S/C20H16ClN5OS/c21-14-7-5-12(6-8-14)17-11-26-20(24-17)28-19(25-26)22-10-13-9-18(27)23-16-4-2-1-3-15(13)16/h1-8,11,13H,9-10H2,(H,22,25)(H,23,27). The van der Waals surface area contributed by atoms with E-state index in [1.807, 2.05) is 48.7 Å². The van der Waals surface area contributed by atoms with Crippen LogP contribution in [0.15, 0.2) is 54.7 Å². The van der Waals surface area contributed by atoms with Crippen LogP contribution in [0, 0.1) is 0 Å². The summed E-state index contributed by atoms with van der Waals surface area (Å²) < 4.78 is 1.78. The van der Waals surface area contributed by atoms with Crippen molar-refractivity contribution in [3.05, 3.63) is 65.3 Å². The van der Waals surface area contributed by atoms with Crippen LogP contribution in [-0.4, -0.2) is 27.0 Å². The van der Waals surface area contributed by atoms with Crippen molar-refractivity contribution < 1.29 is 4.79 Å². The largest absolute Gasteiger partial charge is 0.359 e. The molecule has 2 aromatic carbocycles. The van der Waals surface area contributed by atoms with Gasteiger partial charge in [0, 0.05) is 35.2 Å². The molecule has 1 unspecified atom stereocenters. The zero-order valence-electron chi connectivity index (χ0n) is 14.7. The summed E-state index contributed by atoms with van der Waals surface area (Å²) in [7, 11) is 0. The minimum absolute atomic E-state index is 0.0482. The molecule has 0 spiro atoms. The number of anilines is 2. The predicted molar refractivity (Wildman–Crippen MR) is 112 cm³/mol. The van der Waals surface area contributed by atoms with Crippen LogP contribution in [0.1, 0.15) is 17.9 Å². The number of halogens is 1. The third-order valence-corrected chi connectivity index (χ3v) is 5.92. The predicted octanol–water partition coefficient (Wildman–Crippen LogP) is 4.65. The van der Waals surface area contributed by atoms with Crippen molar-refractivity contribution >= 4 is 44.6 Å². The summed E-state index contributed by atoms with van der Waals surface area (Å²) >= 11 is 7.44. The maximum absolute atomic E-state index is 12.0. The van der Waals surface area contributed by atoms with Crippen LogP contribution >= 0.6 is 22.9 Å². The van der Waals surface area contributed by atoms with Gasteiger partial charge in [-0.2, -0.15) is 0 Å². The average molecular weight is 410 g/mol. The molecule has 28 heavy (non-hydrogen) atoms. The van der Waals surface area contributed by atoms with Crippen molar-refractivity contribution in [1.82, 2.24) is 14.6 Å². The Hall–Kier alpha value is -2.90. The molecule has 5 rings (SSSR count). The van der Waals surface area contributed by atoms with E-state index in [1.54, 1.807) is 4.52 Å². The molecular weight excluding hydrogens is 394 g/mol. The molecule has 4 aromatic rings. The first-order valence-corrected chi connectivity index (χ1v) is 10.1. The van der Waals surface area contributed by atoms with Crippen LogP contribution in [0.4, 0.5) is 10.8 Å². The maximum atomic E-state index is 12.0. The Kier molecular flexibility index (Phi) is 4.26. The van der Waals surface area contributed by atoms with Gasteiger partial charge in [-0.15, -0.1) is 5.10 Å². The summed E-state index contributed by atoms with van der Waals surface area (Å²) in [5.74, 6) is 0.165. The second-order valence-corrected chi connectivity index (χ2v) is 8.08. The second kappa shape index (κ2) is 6.92. The number of rotatable bonds is 4. The number of benzene rings is 2. The van der Waals surface area contributed by atoms with E-state index in [2.05, 4.69) is 26.8 Å². The minimum atomic E-state index is 0.0482. The van der Waals surface area contributed by atoms with Crippen LogP contribution in [0.5, 0.6) is 0 Å². The molecule has 1 amide bonds. The lowest BCUT2D eigenvalue weighted by Gasteiger charge is -2.25. The fourth-order valence-corrected chi connectivity index (χ4v) is 4.34. The Labute approximate surface area is 170 Å². The van der Waals surface area contributed by atoms with Crippen LogP contribution < -0.4 is 10.6 Å². The number of fused-ring (bicyclic) bond motifs is 2. The third kappa shape index (κ3) is 3.23. The monoisotopic (exact) mass is 409 g/mol. The fraction of sp³-hybridized carbons (Fsp3) is 0.150. The zero-order valence-corrected chi connectivity index (χ0v) is 16.3. The lowest BCUT2D eigenvalue weighted by Crippen LogP contribution is -2.26. The Morgan fingerprint density at radius 1 is 1.21 bits per heavy atom. The Bertz CT molecular complexity index is 1140. The highest BCUT2D eigenvalue weighted by atomic mass is 35.5. The number of carbonyl (C=O) groups is 1. The number of nitrogens with one attached hydrogen (secondary N) is 2. The fourth-order valence-electron chi connectivity index (χ4n) is 3.43. The number of imidazole rings is 1. The van der Waals surface area contributed by atoms with Gasteiger partial charge >= 0.3 is 0 Å². The van der Waals surface area contributed by atoms with Gasteiger partial charge in [0.15, 0.2) is 0 Å². The van der Waals surface area contributed by atoms with Gasteiger partial charge in [-0.25, -0.2) is 9.50 Å². The summed E-state index contributed by atoms with van der Waals surface area (Å²) in [6.07, 6.45) is 2.37. The molecule has 1 aliphatic heterocycles. The first-order valence-electron chi connectivity index (χ1n) is 8.90. The molecule has 2 N–H and O–H groups in total. The van der Waals surface area contributed by atoms with Crippen molar-refractivity contribution in [2.75, 3.05) is 17.2 Å². The van der Waals surface area contributed by atoms with Gasteiger partial charge in [-0.3, -0.25) is 4.79 Å². The van der Waals surface area contributed by atoms with Gasteiger partial charge in [0.2, 0.25) is 16.0 Å². The second-order valence-electron chi connectivity index (χ2n) is 6.68. The molecule has 0 fully saturated rings. The molecule has 0 aliphatic carbocycles. The van der Waals surface area contributed by atoms with Crippen LogP contribution in [0.3, 0.4) is 0 Å². The molecule has 6 nitrogen and oxygen atoms in total. The van der Waals surface area contributed by atoms with Gasteiger partial charge in [0.1, 0.15) is 0 Å². The SMILES string of the molecule is O=C1CC(CNc2nn3cc(-c4ccc(Cl)cc4)nc3s2)c2ccccc2N1. The summed E-state index contributed by atoms with van der Waals surface area (Å²) in [6.45, 7) is 0.644. The van der Waals surface area contributed by atoms with Gasteiger partial charge in [0.05, 0.1) is 11.9 Å². The van der Waals surface area contributed by atoms with Gasteiger partial charge < -0.3 is 10.6 Å². The van der Waals surface area contributed by atoms with E-state index in [0.29, 0.717) is 18.0 Å². The molecule has 140 valence electrons. The average Bonchev–Trinajstić information content (AvgIpc) is 3.25. The van der Waals surface area contributed by atoms with Crippen molar-refractivity contribution in [2.24, 2.45) is 0 Å². The highest BCUT2D eigenvalue weighted by Gasteiger charge is 2.24. The first kappa shape index (κ1) is 17.2. The van der Waals surface area contributed by atoms with Crippen LogP contribution in [-0.2, 0) is 4.79 Å². The van der Waals surface area contributed by atoms with Crippen LogP contribution in [0.25, 0.3) is 16.2 Å². The number of para-hydroxylation sites is 1. The highest BCUT2D eigenvalue weighted by Crippen LogP contribution is 2.32. The maximum Gasteiger partial charge on any atom is 0.225 e. The summed E-state index contributed by atoms with van der Waals surface area (Å²) in [4.78, 5) is 17.4. The molecule has 2 aromatic heterocycles. The number of nitrogens with zero attached hydrogens (tertiary/aromatic N) is 3. The lowest BCUT2D eigenvalue weighted by atomic mass is 9.90. The number of hydrogen-bond donors (Lipinski definition) is 2. The van der Waals surface area contributed by atoms with E-state index in [9.17, 15) is 4.79 Å². The summed E-state index contributed by atoms with van der Waals surface area (Å²) in [6, 6.07) is 15.5. The normalized spacial score (nSPS) is 16.0. The number of carbonyl (C=O) groups excluding carboxylic acids is 1. The smallest absolute Gasteiger partial charge is 0.225 e. The van der Waals surface area contributed by atoms with Crippen molar-refractivity contribution in [1.29, 1.82) is 0 Å². The highest BCUT2D eigenvalue weighted by molar-refractivity contribution is 7.20.